The van der Waals surface area contributed by atoms with Crippen LogP contribution in [-0.2, 0) is 13.0 Å². The van der Waals surface area contributed by atoms with Crippen molar-refractivity contribution in [3.05, 3.63) is 81.8 Å². The predicted octanol–water partition coefficient (Wildman–Crippen LogP) is 5.16. The van der Waals surface area contributed by atoms with Gasteiger partial charge in [0, 0.05) is 19.5 Å². The first-order chi connectivity index (χ1) is 15.1. The molecule has 0 spiro atoms. The van der Waals surface area contributed by atoms with Crippen LogP contribution in [0, 0.1) is 13.8 Å². The third-order valence-corrected chi connectivity index (χ3v) is 6.10. The maximum atomic E-state index is 12.2. The zero-order chi connectivity index (χ0) is 21.6. The van der Waals surface area contributed by atoms with Crippen LogP contribution >= 0.6 is 11.3 Å². The van der Waals surface area contributed by atoms with Gasteiger partial charge in [0.2, 0.25) is 0 Å². The third-order valence-electron chi connectivity index (χ3n) is 5.23. The molecule has 5 nitrogen and oxygen atoms in total. The molecule has 31 heavy (non-hydrogen) atoms. The predicted molar refractivity (Wildman–Crippen MR) is 126 cm³/mol. The number of para-hydroxylation sites is 2. The average molecular weight is 434 g/mol. The second-order valence-corrected chi connectivity index (χ2v) is 8.57. The number of imidazole rings is 1. The van der Waals surface area contributed by atoms with Gasteiger partial charge < -0.3 is 14.6 Å². The number of aromatic nitrogens is 2. The number of fused-ring (bicyclic) bond motifs is 1. The van der Waals surface area contributed by atoms with E-state index < -0.39 is 0 Å². The first kappa shape index (κ1) is 21.1. The largest absolute Gasteiger partial charge is 0.493 e. The van der Waals surface area contributed by atoms with Crippen LogP contribution in [0.15, 0.2) is 60.0 Å². The van der Waals surface area contributed by atoms with Gasteiger partial charge >= 0.3 is 0 Å². The second-order valence-electron chi connectivity index (χ2n) is 7.62. The van der Waals surface area contributed by atoms with Crippen molar-refractivity contribution >= 4 is 28.3 Å². The lowest BCUT2D eigenvalue weighted by Crippen LogP contribution is -2.25. The van der Waals surface area contributed by atoms with Gasteiger partial charge in [-0.15, -0.1) is 11.3 Å². The van der Waals surface area contributed by atoms with Crippen molar-refractivity contribution in [1.29, 1.82) is 0 Å². The Balaban J connectivity index is 1.38. The molecule has 0 unspecified atom stereocenters. The van der Waals surface area contributed by atoms with Crippen LogP contribution in [0.2, 0.25) is 0 Å². The molecule has 0 saturated heterocycles. The van der Waals surface area contributed by atoms with Crippen LogP contribution < -0.4 is 10.1 Å². The zero-order valence-corrected chi connectivity index (χ0v) is 18.7. The van der Waals surface area contributed by atoms with Crippen molar-refractivity contribution in [3.63, 3.8) is 0 Å². The van der Waals surface area contributed by atoms with Gasteiger partial charge in [0.1, 0.15) is 11.6 Å². The number of carbonyl (C=O) groups is 1. The molecule has 2 heterocycles. The van der Waals surface area contributed by atoms with E-state index in [1.165, 1.54) is 16.9 Å². The van der Waals surface area contributed by atoms with Crippen molar-refractivity contribution in [3.8, 4) is 5.75 Å². The summed E-state index contributed by atoms with van der Waals surface area (Å²) in [7, 11) is 0. The van der Waals surface area contributed by atoms with Gasteiger partial charge in [-0.3, -0.25) is 4.79 Å². The van der Waals surface area contributed by atoms with Gasteiger partial charge in [-0.25, -0.2) is 4.98 Å². The molecule has 2 aromatic heterocycles. The molecule has 0 aliphatic rings. The van der Waals surface area contributed by atoms with Crippen molar-refractivity contribution in [1.82, 2.24) is 14.9 Å². The monoisotopic (exact) mass is 433 g/mol. The van der Waals surface area contributed by atoms with Gasteiger partial charge in [-0.05, 0) is 55.5 Å². The Kier molecular flexibility index (Phi) is 6.67. The molecule has 0 bridgehead atoms. The average Bonchev–Trinajstić information content (AvgIpc) is 3.41. The lowest BCUT2D eigenvalue weighted by Gasteiger charge is -2.12. The summed E-state index contributed by atoms with van der Waals surface area (Å²) in [5.74, 6) is 1.90. The molecule has 1 amide bonds. The fraction of sp³-hybridized carbons (Fsp3) is 0.280. The van der Waals surface area contributed by atoms with Crippen molar-refractivity contribution in [2.75, 3.05) is 13.2 Å². The van der Waals surface area contributed by atoms with Crippen LogP contribution in [0.5, 0.6) is 5.75 Å². The summed E-state index contributed by atoms with van der Waals surface area (Å²) in [6.45, 7) is 6.18. The van der Waals surface area contributed by atoms with Gasteiger partial charge in [-0.1, -0.05) is 35.9 Å². The van der Waals surface area contributed by atoms with E-state index in [4.69, 9.17) is 9.72 Å². The lowest BCUT2D eigenvalue weighted by atomic mass is 10.1. The number of rotatable bonds is 9. The molecule has 0 saturated carbocycles. The van der Waals surface area contributed by atoms with Crippen molar-refractivity contribution in [2.45, 2.75) is 33.2 Å². The number of thiophene rings is 1. The van der Waals surface area contributed by atoms with Crippen LogP contribution in [-0.4, -0.2) is 28.6 Å². The molecule has 2 aromatic carbocycles. The highest BCUT2D eigenvalue weighted by Crippen LogP contribution is 2.20. The van der Waals surface area contributed by atoms with Crippen LogP contribution in [0.1, 0.15) is 33.0 Å². The van der Waals surface area contributed by atoms with E-state index in [-0.39, 0.29) is 5.91 Å². The highest BCUT2D eigenvalue weighted by molar-refractivity contribution is 7.12. The number of ether oxygens (including phenoxy) is 1. The number of amides is 1. The maximum absolute atomic E-state index is 12.2. The molecule has 0 aliphatic carbocycles. The quantitative estimate of drug-likeness (QED) is 0.371. The number of carbonyl (C=O) groups excluding carboxylic acids is 1. The summed E-state index contributed by atoms with van der Waals surface area (Å²) in [6, 6.07) is 18.2. The molecular formula is C25H27N3O2S. The Labute approximate surface area is 186 Å². The summed E-state index contributed by atoms with van der Waals surface area (Å²) in [5, 5.41) is 4.91. The van der Waals surface area contributed by atoms with E-state index in [1.807, 2.05) is 41.8 Å². The molecule has 160 valence electrons. The molecule has 0 radical (unpaired) electrons. The van der Waals surface area contributed by atoms with E-state index in [1.54, 1.807) is 0 Å². The van der Waals surface area contributed by atoms with E-state index >= 15 is 0 Å². The highest BCUT2D eigenvalue weighted by atomic mass is 32.1. The Morgan fingerprint density at radius 2 is 2.00 bits per heavy atom. The SMILES string of the molecule is Cc1ccc(OCCCn2c(CCNC(=O)c3cccs3)nc3ccccc32)c(C)c1. The fourth-order valence-electron chi connectivity index (χ4n) is 3.71. The summed E-state index contributed by atoms with van der Waals surface area (Å²) in [5.41, 5.74) is 4.51. The van der Waals surface area contributed by atoms with Crippen molar-refractivity contribution < 1.29 is 9.53 Å². The minimum atomic E-state index is -0.0282. The van der Waals surface area contributed by atoms with E-state index in [0.29, 0.717) is 19.6 Å². The maximum Gasteiger partial charge on any atom is 0.261 e. The van der Waals surface area contributed by atoms with E-state index in [9.17, 15) is 4.79 Å². The standard InChI is InChI=1S/C25H27N3O2S/c1-18-10-11-22(19(2)17-18)30-15-6-14-28-21-8-4-3-7-20(21)27-24(28)12-13-26-25(29)23-9-5-16-31-23/h3-5,7-11,16-17H,6,12-15H2,1-2H3,(H,26,29). The fourth-order valence-corrected chi connectivity index (χ4v) is 4.35. The summed E-state index contributed by atoms with van der Waals surface area (Å²) in [6.07, 6.45) is 1.56. The van der Waals surface area contributed by atoms with E-state index in [0.717, 1.165) is 46.0 Å². The van der Waals surface area contributed by atoms with Gasteiger partial charge in [0.05, 0.1) is 22.5 Å². The molecule has 6 heteroatoms. The lowest BCUT2D eigenvalue weighted by molar-refractivity contribution is 0.0958. The minimum Gasteiger partial charge on any atom is -0.493 e. The first-order valence-corrected chi connectivity index (χ1v) is 11.5. The second kappa shape index (κ2) is 9.79. The Morgan fingerprint density at radius 3 is 2.81 bits per heavy atom. The summed E-state index contributed by atoms with van der Waals surface area (Å²) < 4.78 is 8.25. The molecule has 4 aromatic rings. The molecule has 0 fully saturated rings. The Hall–Kier alpha value is -3.12. The van der Waals surface area contributed by atoms with Crippen LogP contribution in [0.25, 0.3) is 11.0 Å². The molecule has 4 rings (SSSR count). The Bertz CT molecular complexity index is 1160. The number of benzene rings is 2. The first-order valence-electron chi connectivity index (χ1n) is 10.6. The molecule has 0 atom stereocenters. The zero-order valence-electron chi connectivity index (χ0n) is 17.9. The normalized spacial score (nSPS) is 11.0. The van der Waals surface area contributed by atoms with Gasteiger partial charge in [0.15, 0.2) is 0 Å². The number of nitrogens with zero attached hydrogens (tertiary/aromatic N) is 2. The summed E-state index contributed by atoms with van der Waals surface area (Å²) >= 11 is 1.45. The number of aryl methyl sites for hydroxylation is 3. The highest BCUT2D eigenvalue weighted by Gasteiger charge is 2.12. The topological polar surface area (TPSA) is 56.1 Å². The summed E-state index contributed by atoms with van der Waals surface area (Å²) in [4.78, 5) is 17.7. The van der Waals surface area contributed by atoms with Gasteiger partial charge in [0.25, 0.3) is 5.91 Å². The smallest absolute Gasteiger partial charge is 0.261 e. The molecular weight excluding hydrogens is 406 g/mol. The Morgan fingerprint density at radius 1 is 1.13 bits per heavy atom. The number of hydrogen-bond acceptors (Lipinski definition) is 4. The van der Waals surface area contributed by atoms with Gasteiger partial charge in [-0.2, -0.15) is 0 Å². The molecule has 1 N–H and O–H groups in total. The van der Waals surface area contributed by atoms with Crippen LogP contribution in [0.4, 0.5) is 0 Å². The number of nitrogens with one attached hydrogen (secondary N) is 1. The van der Waals surface area contributed by atoms with Crippen LogP contribution in [0.3, 0.4) is 0 Å². The van der Waals surface area contributed by atoms with Crippen molar-refractivity contribution in [2.24, 2.45) is 0 Å². The number of hydrogen-bond donors (Lipinski definition) is 1. The minimum absolute atomic E-state index is 0.0282. The molecule has 0 aliphatic heterocycles. The third kappa shape index (κ3) is 5.14. The van der Waals surface area contributed by atoms with E-state index in [2.05, 4.69) is 41.9 Å².